The van der Waals surface area contributed by atoms with Gasteiger partial charge in [0.1, 0.15) is 5.82 Å². The van der Waals surface area contributed by atoms with Crippen LogP contribution in [0.3, 0.4) is 0 Å². The zero-order valence-electron chi connectivity index (χ0n) is 14.1. The van der Waals surface area contributed by atoms with Crippen LogP contribution in [-0.2, 0) is 6.54 Å². The molecule has 132 valence electrons. The van der Waals surface area contributed by atoms with Crippen molar-refractivity contribution in [3.63, 3.8) is 0 Å². The minimum atomic E-state index is 0.252. The quantitative estimate of drug-likeness (QED) is 0.690. The summed E-state index contributed by atoms with van der Waals surface area (Å²) in [5.74, 6) is 2.69. The number of nitrogens with zero attached hydrogens (tertiary/aromatic N) is 2. The molecule has 7 heteroatoms. The zero-order chi connectivity index (χ0) is 17.9. The molecule has 1 aromatic heterocycles. The molecular formula is C19H17ClN4O2. The number of aromatic nitrogens is 2. The molecule has 0 saturated heterocycles. The van der Waals surface area contributed by atoms with Gasteiger partial charge in [-0.3, -0.25) is 0 Å². The molecule has 3 aromatic rings. The monoisotopic (exact) mass is 368 g/mol. The van der Waals surface area contributed by atoms with Crippen LogP contribution in [0.5, 0.6) is 11.5 Å². The standard InChI is InChI=1S/C19H17ClN4O2/c1-12-8-18(23-14-6-7-16-17(9-14)26-11-25-16)24-19(22-12)21-10-13-4-2-3-5-15(13)20/h2-9H,10-11H2,1H3,(H2,21,22,23,24). The Morgan fingerprint density at radius 3 is 2.77 bits per heavy atom. The Morgan fingerprint density at radius 1 is 1.04 bits per heavy atom. The topological polar surface area (TPSA) is 68.3 Å². The summed E-state index contributed by atoms with van der Waals surface area (Å²) in [6.45, 7) is 2.72. The third-order valence-electron chi connectivity index (χ3n) is 3.89. The van der Waals surface area contributed by atoms with E-state index in [0.717, 1.165) is 28.4 Å². The first kappa shape index (κ1) is 16.5. The number of aryl methyl sites for hydroxylation is 1. The van der Waals surface area contributed by atoms with Crippen molar-refractivity contribution in [3.8, 4) is 11.5 Å². The van der Waals surface area contributed by atoms with Gasteiger partial charge in [0.05, 0.1) is 0 Å². The van der Waals surface area contributed by atoms with Gasteiger partial charge in [-0.05, 0) is 30.7 Å². The summed E-state index contributed by atoms with van der Waals surface area (Å²) in [4.78, 5) is 8.95. The minimum absolute atomic E-state index is 0.252. The van der Waals surface area contributed by atoms with Crippen molar-refractivity contribution in [2.75, 3.05) is 17.4 Å². The molecule has 0 aliphatic carbocycles. The highest BCUT2D eigenvalue weighted by atomic mass is 35.5. The summed E-state index contributed by atoms with van der Waals surface area (Å²) < 4.78 is 10.7. The zero-order valence-corrected chi connectivity index (χ0v) is 14.9. The highest BCUT2D eigenvalue weighted by Crippen LogP contribution is 2.35. The summed E-state index contributed by atoms with van der Waals surface area (Å²) in [5.41, 5.74) is 2.71. The number of anilines is 3. The van der Waals surface area contributed by atoms with E-state index in [1.54, 1.807) is 0 Å². The van der Waals surface area contributed by atoms with Crippen LogP contribution in [0.1, 0.15) is 11.3 Å². The normalized spacial score (nSPS) is 12.1. The molecule has 0 fully saturated rings. The van der Waals surface area contributed by atoms with Crippen LogP contribution in [-0.4, -0.2) is 16.8 Å². The molecule has 0 spiro atoms. The fraction of sp³-hybridized carbons (Fsp3) is 0.158. The van der Waals surface area contributed by atoms with E-state index in [-0.39, 0.29) is 6.79 Å². The van der Waals surface area contributed by atoms with Crippen molar-refractivity contribution < 1.29 is 9.47 Å². The summed E-state index contributed by atoms with van der Waals surface area (Å²) in [6.07, 6.45) is 0. The maximum absolute atomic E-state index is 6.19. The predicted molar refractivity (Wildman–Crippen MR) is 101 cm³/mol. The molecule has 0 saturated carbocycles. The Kier molecular flexibility index (Phi) is 4.50. The molecule has 0 radical (unpaired) electrons. The number of hydrogen-bond acceptors (Lipinski definition) is 6. The average molecular weight is 369 g/mol. The van der Waals surface area contributed by atoms with Gasteiger partial charge in [-0.15, -0.1) is 0 Å². The molecule has 4 rings (SSSR count). The Hall–Kier alpha value is -2.99. The lowest BCUT2D eigenvalue weighted by Crippen LogP contribution is -2.06. The molecule has 1 aliphatic heterocycles. The van der Waals surface area contributed by atoms with Crippen LogP contribution < -0.4 is 20.1 Å². The summed E-state index contributed by atoms with van der Waals surface area (Å²) in [7, 11) is 0. The van der Waals surface area contributed by atoms with E-state index >= 15 is 0 Å². The van der Waals surface area contributed by atoms with E-state index in [2.05, 4.69) is 20.6 Å². The van der Waals surface area contributed by atoms with Crippen molar-refractivity contribution in [1.29, 1.82) is 0 Å². The highest BCUT2D eigenvalue weighted by Gasteiger charge is 2.13. The van der Waals surface area contributed by atoms with Crippen molar-refractivity contribution in [3.05, 3.63) is 64.8 Å². The van der Waals surface area contributed by atoms with Crippen molar-refractivity contribution in [2.45, 2.75) is 13.5 Å². The largest absolute Gasteiger partial charge is 0.454 e. The minimum Gasteiger partial charge on any atom is -0.454 e. The third kappa shape index (κ3) is 3.65. The van der Waals surface area contributed by atoms with Gasteiger partial charge in [0, 0.05) is 35.1 Å². The lowest BCUT2D eigenvalue weighted by Gasteiger charge is -2.11. The number of halogens is 1. The van der Waals surface area contributed by atoms with E-state index < -0.39 is 0 Å². The predicted octanol–water partition coefficient (Wildman–Crippen LogP) is 4.52. The Balaban J connectivity index is 1.50. The number of benzene rings is 2. The van der Waals surface area contributed by atoms with Crippen LogP contribution in [0.25, 0.3) is 0 Å². The molecule has 0 amide bonds. The molecule has 2 aromatic carbocycles. The molecule has 6 nitrogen and oxygen atoms in total. The molecule has 0 bridgehead atoms. The summed E-state index contributed by atoms with van der Waals surface area (Å²) in [5, 5.41) is 7.20. The second-order valence-corrected chi connectivity index (χ2v) is 6.26. The van der Waals surface area contributed by atoms with E-state index in [4.69, 9.17) is 21.1 Å². The molecule has 26 heavy (non-hydrogen) atoms. The molecule has 2 N–H and O–H groups in total. The van der Waals surface area contributed by atoms with Crippen molar-refractivity contribution in [2.24, 2.45) is 0 Å². The van der Waals surface area contributed by atoms with Crippen LogP contribution >= 0.6 is 11.6 Å². The second kappa shape index (κ2) is 7.09. The average Bonchev–Trinajstić information content (AvgIpc) is 3.08. The van der Waals surface area contributed by atoms with Crippen molar-refractivity contribution >= 4 is 29.1 Å². The van der Waals surface area contributed by atoms with Gasteiger partial charge in [-0.2, -0.15) is 4.98 Å². The first-order chi connectivity index (χ1) is 12.7. The maximum atomic E-state index is 6.19. The molecular weight excluding hydrogens is 352 g/mol. The Labute approximate surface area is 156 Å². The molecule has 0 atom stereocenters. The lowest BCUT2D eigenvalue weighted by atomic mass is 10.2. The third-order valence-corrected chi connectivity index (χ3v) is 4.26. The van der Waals surface area contributed by atoms with E-state index in [9.17, 15) is 0 Å². The van der Waals surface area contributed by atoms with Gasteiger partial charge < -0.3 is 20.1 Å². The van der Waals surface area contributed by atoms with Gasteiger partial charge in [0.2, 0.25) is 12.7 Å². The fourth-order valence-corrected chi connectivity index (χ4v) is 2.85. The van der Waals surface area contributed by atoms with Crippen LogP contribution in [0.2, 0.25) is 5.02 Å². The first-order valence-electron chi connectivity index (χ1n) is 8.17. The number of fused-ring (bicyclic) bond motifs is 1. The first-order valence-corrected chi connectivity index (χ1v) is 8.55. The SMILES string of the molecule is Cc1cc(Nc2ccc3c(c2)OCO3)nc(NCc2ccccc2Cl)n1. The van der Waals surface area contributed by atoms with Gasteiger partial charge in [-0.1, -0.05) is 29.8 Å². The summed E-state index contributed by atoms with van der Waals surface area (Å²) in [6, 6.07) is 15.2. The lowest BCUT2D eigenvalue weighted by molar-refractivity contribution is 0.174. The van der Waals surface area contributed by atoms with Crippen LogP contribution in [0.15, 0.2) is 48.5 Å². The smallest absolute Gasteiger partial charge is 0.231 e. The van der Waals surface area contributed by atoms with E-state index in [1.165, 1.54) is 0 Å². The maximum Gasteiger partial charge on any atom is 0.231 e. The number of hydrogen-bond donors (Lipinski definition) is 2. The Bertz CT molecular complexity index is 949. The number of nitrogens with one attached hydrogen (secondary N) is 2. The molecule has 2 heterocycles. The molecule has 1 aliphatic rings. The van der Waals surface area contributed by atoms with E-state index in [1.807, 2.05) is 55.5 Å². The van der Waals surface area contributed by atoms with Crippen molar-refractivity contribution in [1.82, 2.24) is 9.97 Å². The molecule has 0 unspecified atom stereocenters. The van der Waals surface area contributed by atoms with Gasteiger partial charge in [-0.25, -0.2) is 4.98 Å². The highest BCUT2D eigenvalue weighted by molar-refractivity contribution is 6.31. The van der Waals surface area contributed by atoms with Gasteiger partial charge in [0.25, 0.3) is 0 Å². The number of rotatable bonds is 5. The second-order valence-electron chi connectivity index (χ2n) is 5.86. The van der Waals surface area contributed by atoms with Crippen LogP contribution in [0.4, 0.5) is 17.5 Å². The van der Waals surface area contributed by atoms with Gasteiger partial charge >= 0.3 is 0 Å². The Morgan fingerprint density at radius 2 is 1.88 bits per heavy atom. The van der Waals surface area contributed by atoms with Gasteiger partial charge in [0.15, 0.2) is 11.5 Å². The fourth-order valence-electron chi connectivity index (χ4n) is 2.65. The van der Waals surface area contributed by atoms with Crippen LogP contribution in [0, 0.1) is 6.92 Å². The summed E-state index contributed by atoms with van der Waals surface area (Å²) >= 11 is 6.19. The van der Waals surface area contributed by atoms with E-state index in [0.29, 0.717) is 23.3 Å². The number of ether oxygens (including phenoxy) is 2.